The molecule has 0 bridgehead atoms. The normalized spacial score (nSPS) is 14.1. The van der Waals surface area contributed by atoms with Gasteiger partial charge in [0.25, 0.3) is 5.69 Å². The third-order valence-corrected chi connectivity index (χ3v) is 4.08. The highest BCUT2D eigenvalue weighted by atomic mass is 19.4. The highest BCUT2D eigenvalue weighted by Crippen LogP contribution is 2.34. The number of carbonyl (C=O) groups is 2. The van der Waals surface area contributed by atoms with E-state index in [1.165, 1.54) is 0 Å². The Kier molecular flexibility index (Phi) is 6.59. The topological polar surface area (TPSA) is 105 Å². The van der Waals surface area contributed by atoms with Gasteiger partial charge in [-0.1, -0.05) is 0 Å². The van der Waals surface area contributed by atoms with Gasteiger partial charge in [-0.05, 0) is 25.0 Å². The lowest BCUT2D eigenvalue weighted by Gasteiger charge is -2.15. The molecule has 2 N–H and O–H groups in total. The van der Waals surface area contributed by atoms with Crippen molar-refractivity contribution in [1.82, 2.24) is 10.2 Å². The molecule has 1 aliphatic rings. The Hall–Kier alpha value is -2.85. The van der Waals surface area contributed by atoms with Gasteiger partial charge in [-0.3, -0.25) is 19.7 Å². The molecule has 2 rings (SSSR count). The molecule has 1 fully saturated rings. The summed E-state index contributed by atoms with van der Waals surface area (Å²) in [5.74, 6) is -0.614. The summed E-state index contributed by atoms with van der Waals surface area (Å²) in [5.41, 5.74) is -1.97. The number of hydrogen-bond acceptors (Lipinski definition) is 5. The molecule has 27 heavy (non-hydrogen) atoms. The number of likely N-dealkylation sites (tertiary alicyclic amines) is 1. The number of benzene rings is 1. The minimum absolute atomic E-state index is 0.0318. The SMILES string of the molecule is O=C(CCNc1ccc(C(F)(F)F)cc1[N+](=O)[O-])NCC(=O)N1CCCC1. The molecule has 1 saturated heterocycles. The van der Waals surface area contributed by atoms with Gasteiger partial charge in [-0.2, -0.15) is 13.2 Å². The number of halogens is 3. The Morgan fingerprint density at radius 3 is 2.48 bits per heavy atom. The Labute approximate surface area is 152 Å². The maximum atomic E-state index is 12.7. The van der Waals surface area contributed by atoms with E-state index < -0.39 is 28.3 Å². The quantitative estimate of drug-likeness (QED) is 0.550. The second kappa shape index (κ2) is 8.69. The maximum absolute atomic E-state index is 12.7. The number of nitro benzene ring substituents is 1. The van der Waals surface area contributed by atoms with E-state index >= 15 is 0 Å². The maximum Gasteiger partial charge on any atom is 0.416 e. The molecule has 1 heterocycles. The summed E-state index contributed by atoms with van der Waals surface area (Å²) >= 11 is 0. The van der Waals surface area contributed by atoms with E-state index in [1.54, 1.807) is 4.90 Å². The first-order chi connectivity index (χ1) is 12.7. The molecular weight excluding hydrogens is 369 g/mol. The number of hydrogen-bond donors (Lipinski definition) is 2. The average molecular weight is 388 g/mol. The standard InChI is InChI=1S/C16H19F3N4O4/c17-16(18,19)11-3-4-12(13(9-11)23(26)27)20-6-5-14(24)21-10-15(25)22-7-1-2-8-22/h3-4,9,20H,1-2,5-8,10H2,(H,21,24). The van der Waals surface area contributed by atoms with Crippen molar-refractivity contribution in [2.24, 2.45) is 0 Å². The largest absolute Gasteiger partial charge is 0.416 e. The van der Waals surface area contributed by atoms with Crippen LogP contribution in [0.3, 0.4) is 0 Å². The minimum Gasteiger partial charge on any atom is -0.379 e. The van der Waals surface area contributed by atoms with Crippen LogP contribution < -0.4 is 10.6 Å². The molecule has 0 spiro atoms. The molecule has 11 heteroatoms. The lowest BCUT2D eigenvalue weighted by atomic mass is 10.1. The van der Waals surface area contributed by atoms with Gasteiger partial charge in [-0.25, -0.2) is 0 Å². The van der Waals surface area contributed by atoms with E-state index in [0.29, 0.717) is 19.2 Å². The zero-order valence-electron chi connectivity index (χ0n) is 14.3. The van der Waals surface area contributed by atoms with Crippen molar-refractivity contribution < 1.29 is 27.7 Å². The van der Waals surface area contributed by atoms with Crippen molar-refractivity contribution in [2.45, 2.75) is 25.4 Å². The summed E-state index contributed by atoms with van der Waals surface area (Å²) in [5, 5.41) is 16.0. The summed E-state index contributed by atoms with van der Waals surface area (Å²) in [4.78, 5) is 35.3. The van der Waals surface area contributed by atoms with Crippen LogP contribution >= 0.6 is 0 Å². The molecular formula is C16H19F3N4O4. The van der Waals surface area contributed by atoms with Gasteiger partial charge in [-0.15, -0.1) is 0 Å². The molecule has 1 aliphatic heterocycles. The summed E-state index contributed by atoms with van der Waals surface area (Å²) in [7, 11) is 0. The first kappa shape index (κ1) is 20.5. The zero-order valence-corrected chi connectivity index (χ0v) is 14.3. The lowest BCUT2D eigenvalue weighted by Crippen LogP contribution is -2.39. The van der Waals surface area contributed by atoms with Crippen LogP contribution in [0.4, 0.5) is 24.5 Å². The van der Waals surface area contributed by atoms with Crippen molar-refractivity contribution in [3.63, 3.8) is 0 Å². The number of anilines is 1. The number of amides is 2. The van der Waals surface area contributed by atoms with Crippen LogP contribution in [-0.4, -0.2) is 47.8 Å². The Balaban J connectivity index is 1.84. The number of carbonyl (C=O) groups excluding carboxylic acids is 2. The van der Waals surface area contributed by atoms with E-state index in [1.807, 2.05) is 0 Å². The van der Waals surface area contributed by atoms with Gasteiger partial charge in [0, 0.05) is 32.1 Å². The highest BCUT2D eigenvalue weighted by molar-refractivity contribution is 5.85. The summed E-state index contributed by atoms with van der Waals surface area (Å²) < 4.78 is 38.0. The van der Waals surface area contributed by atoms with Crippen LogP contribution in [0.2, 0.25) is 0 Å². The number of rotatable bonds is 7. The van der Waals surface area contributed by atoms with Gasteiger partial charge >= 0.3 is 6.18 Å². The fourth-order valence-corrected chi connectivity index (χ4v) is 2.66. The Morgan fingerprint density at radius 2 is 1.89 bits per heavy atom. The smallest absolute Gasteiger partial charge is 0.379 e. The second-order valence-corrected chi connectivity index (χ2v) is 6.03. The van der Waals surface area contributed by atoms with Crippen LogP contribution in [0.25, 0.3) is 0 Å². The lowest BCUT2D eigenvalue weighted by molar-refractivity contribution is -0.384. The third kappa shape index (κ3) is 5.83. The first-order valence-electron chi connectivity index (χ1n) is 8.32. The summed E-state index contributed by atoms with van der Waals surface area (Å²) in [6, 6.07) is 2.12. The molecule has 0 atom stereocenters. The van der Waals surface area contributed by atoms with Gasteiger partial charge in [0.1, 0.15) is 5.69 Å². The van der Waals surface area contributed by atoms with Crippen LogP contribution in [0.5, 0.6) is 0 Å². The van der Waals surface area contributed by atoms with Gasteiger partial charge in [0.2, 0.25) is 11.8 Å². The van der Waals surface area contributed by atoms with Crippen molar-refractivity contribution >= 4 is 23.2 Å². The molecule has 0 unspecified atom stereocenters. The molecule has 0 saturated carbocycles. The van der Waals surface area contributed by atoms with Gasteiger partial charge < -0.3 is 15.5 Å². The van der Waals surface area contributed by atoms with Gasteiger partial charge in [0.05, 0.1) is 17.0 Å². The fourth-order valence-electron chi connectivity index (χ4n) is 2.66. The van der Waals surface area contributed by atoms with Crippen LogP contribution in [0.15, 0.2) is 18.2 Å². The van der Waals surface area contributed by atoms with Crippen molar-refractivity contribution in [2.75, 3.05) is 31.5 Å². The molecule has 8 nitrogen and oxygen atoms in total. The number of alkyl halides is 3. The number of nitrogens with zero attached hydrogens (tertiary/aromatic N) is 2. The molecule has 148 valence electrons. The van der Waals surface area contributed by atoms with E-state index in [4.69, 9.17) is 0 Å². The highest BCUT2D eigenvalue weighted by Gasteiger charge is 2.33. The van der Waals surface area contributed by atoms with E-state index in [0.717, 1.165) is 25.0 Å². The molecule has 1 aromatic carbocycles. The van der Waals surface area contributed by atoms with Crippen molar-refractivity contribution in [1.29, 1.82) is 0 Å². The fraction of sp³-hybridized carbons (Fsp3) is 0.500. The average Bonchev–Trinajstić information content (AvgIpc) is 3.13. The Morgan fingerprint density at radius 1 is 1.22 bits per heavy atom. The predicted molar refractivity (Wildman–Crippen MR) is 90.0 cm³/mol. The molecule has 0 aromatic heterocycles. The van der Waals surface area contributed by atoms with E-state index in [2.05, 4.69) is 10.6 Å². The van der Waals surface area contributed by atoms with Crippen LogP contribution in [0, 0.1) is 10.1 Å². The minimum atomic E-state index is -4.69. The van der Waals surface area contributed by atoms with Crippen LogP contribution in [-0.2, 0) is 15.8 Å². The zero-order chi connectivity index (χ0) is 20.0. The molecule has 2 amide bonds. The molecule has 1 aromatic rings. The number of nitrogens with one attached hydrogen (secondary N) is 2. The van der Waals surface area contributed by atoms with Crippen LogP contribution in [0.1, 0.15) is 24.8 Å². The van der Waals surface area contributed by atoms with Crippen molar-refractivity contribution in [3.05, 3.63) is 33.9 Å². The Bertz CT molecular complexity index is 718. The van der Waals surface area contributed by atoms with Crippen molar-refractivity contribution in [3.8, 4) is 0 Å². The monoisotopic (exact) mass is 388 g/mol. The predicted octanol–water partition coefficient (Wildman–Crippen LogP) is 2.15. The first-order valence-corrected chi connectivity index (χ1v) is 8.32. The summed E-state index contributed by atoms with van der Waals surface area (Å²) in [6.07, 6.45) is -2.90. The molecule has 0 radical (unpaired) electrons. The van der Waals surface area contributed by atoms with Gasteiger partial charge in [0.15, 0.2) is 0 Å². The third-order valence-electron chi connectivity index (χ3n) is 4.08. The molecule has 0 aliphatic carbocycles. The number of nitro groups is 1. The van der Waals surface area contributed by atoms with E-state index in [9.17, 15) is 32.9 Å². The second-order valence-electron chi connectivity index (χ2n) is 6.03. The van der Waals surface area contributed by atoms with E-state index in [-0.39, 0.29) is 31.1 Å². The summed E-state index contributed by atoms with van der Waals surface area (Å²) in [6.45, 7) is 1.19.